The number of nitrogens with two attached hydrogens (primary N) is 1. The third-order valence-electron chi connectivity index (χ3n) is 2.05. The van der Waals surface area contributed by atoms with Crippen LogP contribution in [0.5, 0.6) is 0 Å². The first-order valence-electron chi connectivity index (χ1n) is 4.49. The zero-order valence-corrected chi connectivity index (χ0v) is 8.03. The fraction of sp³-hybridized carbons (Fsp3) is 0.182. The lowest BCUT2D eigenvalue weighted by atomic mass is 10.1. The minimum atomic E-state index is 0.503. The lowest BCUT2D eigenvalue weighted by Crippen LogP contribution is -1.92. The van der Waals surface area contributed by atoms with Crippen molar-refractivity contribution in [3.05, 3.63) is 41.9 Å². The van der Waals surface area contributed by atoms with Gasteiger partial charge in [-0.15, -0.1) is 0 Å². The maximum atomic E-state index is 5.50. The van der Waals surface area contributed by atoms with Gasteiger partial charge in [-0.2, -0.15) is 0 Å². The van der Waals surface area contributed by atoms with Gasteiger partial charge in [-0.25, -0.2) is 0 Å². The molecule has 0 aromatic carbocycles. The summed E-state index contributed by atoms with van der Waals surface area (Å²) in [5.74, 6) is 0.821. The molecule has 2 N–H and O–H groups in total. The van der Waals surface area contributed by atoms with Gasteiger partial charge in [0.1, 0.15) is 5.76 Å². The first kappa shape index (κ1) is 8.97. The number of furan rings is 1. The van der Waals surface area contributed by atoms with Crippen LogP contribution >= 0.6 is 0 Å². The second-order valence-electron chi connectivity index (χ2n) is 3.27. The Morgan fingerprint density at radius 3 is 2.86 bits per heavy atom. The maximum absolute atomic E-state index is 5.50. The Hall–Kier alpha value is -1.61. The average Bonchev–Trinajstić information content (AvgIpc) is 2.66. The van der Waals surface area contributed by atoms with Crippen LogP contribution < -0.4 is 5.73 Å². The van der Waals surface area contributed by atoms with Gasteiger partial charge in [0.15, 0.2) is 0 Å². The molecule has 3 nitrogen and oxygen atoms in total. The van der Waals surface area contributed by atoms with Gasteiger partial charge in [-0.1, -0.05) is 0 Å². The number of nitrogens with zero attached hydrogens (tertiary/aromatic N) is 1. The third-order valence-corrected chi connectivity index (χ3v) is 2.05. The fourth-order valence-electron chi connectivity index (χ4n) is 1.32. The van der Waals surface area contributed by atoms with E-state index in [1.165, 1.54) is 0 Å². The van der Waals surface area contributed by atoms with Crippen LogP contribution in [0.4, 0.5) is 0 Å². The highest BCUT2D eigenvalue weighted by atomic mass is 16.3. The fourth-order valence-corrected chi connectivity index (χ4v) is 1.32. The Morgan fingerprint density at radius 2 is 2.21 bits per heavy atom. The zero-order valence-electron chi connectivity index (χ0n) is 8.03. The third kappa shape index (κ3) is 1.67. The van der Waals surface area contributed by atoms with E-state index in [4.69, 9.17) is 10.2 Å². The molecule has 0 amide bonds. The first-order chi connectivity index (χ1) is 6.79. The van der Waals surface area contributed by atoms with Crippen molar-refractivity contribution < 1.29 is 4.42 Å². The number of hydrogen-bond acceptors (Lipinski definition) is 3. The zero-order chi connectivity index (χ0) is 9.97. The number of aromatic nitrogens is 1. The quantitative estimate of drug-likeness (QED) is 0.785. The van der Waals surface area contributed by atoms with Crippen LogP contribution in [0.25, 0.3) is 11.3 Å². The van der Waals surface area contributed by atoms with Crippen molar-refractivity contribution in [1.82, 2.24) is 4.98 Å². The molecule has 0 unspecified atom stereocenters. The topological polar surface area (TPSA) is 52.0 Å². The summed E-state index contributed by atoms with van der Waals surface area (Å²) < 4.78 is 5.38. The van der Waals surface area contributed by atoms with Crippen molar-refractivity contribution in [2.75, 3.05) is 0 Å². The molecular weight excluding hydrogens is 176 g/mol. The molecule has 2 heterocycles. The van der Waals surface area contributed by atoms with E-state index in [9.17, 15) is 0 Å². The molecule has 0 aliphatic carbocycles. The summed E-state index contributed by atoms with van der Waals surface area (Å²) in [4.78, 5) is 4.10. The summed E-state index contributed by atoms with van der Waals surface area (Å²) in [6.07, 6.45) is 5.28. The predicted octanol–water partition coefficient (Wildman–Crippen LogP) is 2.11. The molecule has 0 saturated carbocycles. The Bertz CT molecular complexity index is 434. The van der Waals surface area contributed by atoms with Crippen LogP contribution in [0.2, 0.25) is 0 Å². The van der Waals surface area contributed by atoms with E-state index in [2.05, 4.69) is 4.98 Å². The molecular formula is C11H12N2O. The normalized spacial score (nSPS) is 10.4. The highest BCUT2D eigenvalue weighted by molar-refractivity contribution is 5.57. The van der Waals surface area contributed by atoms with Crippen molar-refractivity contribution in [1.29, 1.82) is 0 Å². The molecule has 0 aliphatic rings. The number of hydrogen-bond donors (Lipinski definition) is 1. The monoisotopic (exact) mass is 188 g/mol. The SMILES string of the molecule is Cc1cncc(-c2cc(CN)co2)c1. The number of pyridine rings is 1. The van der Waals surface area contributed by atoms with Crippen LogP contribution in [0.15, 0.2) is 35.2 Å². The maximum Gasteiger partial charge on any atom is 0.135 e. The number of aryl methyl sites for hydroxylation is 1. The molecule has 0 spiro atoms. The van der Waals surface area contributed by atoms with E-state index in [-0.39, 0.29) is 0 Å². The second kappa shape index (κ2) is 3.64. The van der Waals surface area contributed by atoms with E-state index < -0.39 is 0 Å². The summed E-state index contributed by atoms with van der Waals surface area (Å²) in [7, 11) is 0. The van der Waals surface area contributed by atoms with E-state index in [1.807, 2.05) is 25.3 Å². The molecule has 2 aromatic heterocycles. The van der Waals surface area contributed by atoms with Gasteiger partial charge < -0.3 is 10.2 Å². The van der Waals surface area contributed by atoms with Gasteiger partial charge in [0.2, 0.25) is 0 Å². The largest absolute Gasteiger partial charge is 0.464 e. The predicted molar refractivity (Wildman–Crippen MR) is 54.6 cm³/mol. The number of rotatable bonds is 2. The molecule has 0 fully saturated rings. The van der Waals surface area contributed by atoms with Gasteiger partial charge in [0, 0.05) is 30.1 Å². The Balaban J connectivity index is 2.39. The minimum absolute atomic E-state index is 0.503. The highest BCUT2D eigenvalue weighted by Crippen LogP contribution is 2.21. The molecule has 0 aliphatic heterocycles. The van der Waals surface area contributed by atoms with E-state index >= 15 is 0 Å². The van der Waals surface area contributed by atoms with Crippen LogP contribution in [0.3, 0.4) is 0 Å². The molecule has 14 heavy (non-hydrogen) atoms. The van der Waals surface area contributed by atoms with Gasteiger partial charge in [0.05, 0.1) is 6.26 Å². The Labute approximate surface area is 82.6 Å². The molecule has 0 atom stereocenters. The Morgan fingerprint density at radius 1 is 1.36 bits per heavy atom. The Kier molecular flexibility index (Phi) is 2.33. The van der Waals surface area contributed by atoms with Crippen molar-refractivity contribution in [2.24, 2.45) is 5.73 Å². The van der Waals surface area contributed by atoms with Gasteiger partial charge in [-0.3, -0.25) is 4.98 Å². The lowest BCUT2D eigenvalue weighted by molar-refractivity contribution is 0.578. The summed E-state index contributed by atoms with van der Waals surface area (Å²) in [5, 5.41) is 0. The molecule has 2 rings (SSSR count). The van der Waals surface area contributed by atoms with Crippen molar-refractivity contribution in [2.45, 2.75) is 13.5 Å². The van der Waals surface area contributed by atoms with E-state index in [0.29, 0.717) is 6.54 Å². The second-order valence-corrected chi connectivity index (χ2v) is 3.27. The lowest BCUT2D eigenvalue weighted by Gasteiger charge is -1.96. The van der Waals surface area contributed by atoms with Crippen LogP contribution in [0.1, 0.15) is 11.1 Å². The van der Waals surface area contributed by atoms with Gasteiger partial charge in [0.25, 0.3) is 0 Å². The summed E-state index contributed by atoms with van der Waals surface area (Å²) in [5.41, 5.74) is 8.61. The molecule has 2 aromatic rings. The molecule has 0 radical (unpaired) electrons. The summed E-state index contributed by atoms with van der Waals surface area (Å²) in [6.45, 7) is 2.51. The summed E-state index contributed by atoms with van der Waals surface area (Å²) >= 11 is 0. The highest BCUT2D eigenvalue weighted by Gasteiger charge is 2.03. The van der Waals surface area contributed by atoms with Crippen molar-refractivity contribution >= 4 is 0 Å². The molecule has 0 saturated heterocycles. The average molecular weight is 188 g/mol. The van der Waals surface area contributed by atoms with Crippen LogP contribution in [-0.2, 0) is 6.54 Å². The van der Waals surface area contributed by atoms with E-state index in [1.54, 1.807) is 12.5 Å². The standard InChI is InChI=1S/C11H12N2O/c1-8-2-10(6-13-5-8)11-3-9(4-12)7-14-11/h2-3,5-7H,4,12H2,1H3. The summed E-state index contributed by atoms with van der Waals surface area (Å²) in [6, 6.07) is 3.97. The van der Waals surface area contributed by atoms with Crippen LogP contribution in [0, 0.1) is 6.92 Å². The smallest absolute Gasteiger partial charge is 0.135 e. The van der Waals surface area contributed by atoms with Crippen molar-refractivity contribution in [3.63, 3.8) is 0 Å². The molecule has 72 valence electrons. The minimum Gasteiger partial charge on any atom is -0.464 e. The van der Waals surface area contributed by atoms with Crippen molar-refractivity contribution in [3.8, 4) is 11.3 Å². The first-order valence-corrected chi connectivity index (χ1v) is 4.49. The van der Waals surface area contributed by atoms with Crippen LogP contribution in [-0.4, -0.2) is 4.98 Å². The molecule has 0 bridgehead atoms. The van der Waals surface area contributed by atoms with Gasteiger partial charge in [-0.05, 0) is 24.6 Å². The molecule has 3 heteroatoms. The van der Waals surface area contributed by atoms with Gasteiger partial charge >= 0.3 is 0 Å². The van der Waals surface area contributed by atoms with E-state index in [0.717, 1.165) is 22.5 Å².